The Morgan fingerprint density at radius 3 is 2.41 bits per heavy atom. The maximum absolute atomic E-state index is 12.9. The van der Waals surface area contributed by atoms with Gasteiger partial charge in [-0.1, -0.05) is 31.2 Å². The summed E-state index contributed by atoms with van der Waals surface area (Å²) >= 11 is 0.806. The first kappa shape index (κ1) is 18.8. The molecule has 1 aliphatic rings. The molecule has 1 saturated heterocycles. The summed E-state index contributed by atoms with van der Waals surface area (Å²) in [4.78, 5) is 37.9. The number of halogens is 1. The van der Waals surface area contributed by atoms with Crippen molar-refractivity contribution in [2.75, 3.05) is 11.9 Å². The summed E-state index contributed by atoms with van der Waals surface area (Å²) < 4.78 is 12.9. The van der Waals surface area contributed by atoms with Gasteiger partial charge in [-0.3, -0.25) is 19.3 Å². The van der Waals surface area contributed by atoms with Gasteiger partial charge in [-0.2, -0.15) is 0 Å². The lowest BCUT2D eigenvalue weighted by molar-refractivity contribution is -0.127. The molecule has 0 bridgehead atoms. The molecule has 3 amide bonds. The third-order valence-electron chi connectivity index (χ3n) is 3.99. The van der Waals surface area contributed by atoms with Gasteiger partial charge in [-0.15, -0.1) is 0 Å². The molecule has 0 unspecified atom stereocenters. The Morgan fingerprint density at radius 1 is 1.11 bits per heavy atom. The van der Waals surface area contributed by atoms with Crippen molar-refractivity contribution in [1.29, 1.82) is 0 Å². The standard InChI is InChI=1S/C20H17FN2O3S/c1-2-13-3-5-14(6-4-13)11-17-19(25)23(20(26)27-17)12-18(24)22-16-9-7-15(21)8-10-16/h3-11H,2,12H2,1H3,(H,22,24)/b17-11+. The normalized spacial score (nSPS) is 15.5. The van der Waals surface area contributed by atoms with Crippen LogP contribution in [0.4, 0.5) is 14.9 Å². The molecule has 0 aliphatic carbocycles. The first-order valence-electron chi connectivity index (χ1n) is 8.36. The maximum atomic E-state index is 12.9. The lowest BCUT2D eigenvalue weighted by atomic mass is 10.1. The van der Waals surface area contributed by atoms with E-state index in [0.29, 0.717) is 5.69 Å². The molecule has 1 aliphatic heterocycles. The van der Waals surface area contributed by atoms with Crippen molar-refractivity contribution < 1.29 is 18.8 Å². The van der Waals surface area contributed by atoms with Gasteiger partial charge in [-0.05, 0) is 59.7 Å². The van der Waals surface area contributed by atoms with Gasteiger partial charge in [-0.25, -0.2) is 4.39 Å². The first-order chi connectivity index (χ1) is 13.0. The van der Waals surface area contributed by atoms with Crippen LogP contribution in [-0.4, -0.2) is 28.5 Å². The van der Waals surface area contributed by atoms with E-state index < -0.39 is 29.4 Å². The zero-order valence-electron chi connectivity index (χ0n) is 14.6. The van der Waals surface area contributed by atoms with E-state index in [1.807, 2.05) is 24.3 Å². The molecule has 1 fully saturated rings. The summed E-state index contributed by atoms with van der Waals surface area (Å²) in [7, 11) is 0. The average Bonchev–Trinajstić information content (AvgIpc) is 2.91. The number of imide groups is 1. The van der Waals surface area contributed by atoms with Crippen LogP contribution in [0.15, 0.2) is 53.4 Å². The van der Waals surface area contributed by atoms with E-state index in [-0.39, 0.29) is 4.91 Å². The van der Waals surface area contributed by atoms with Crippen LogP contribution in [0.25, 0.3) is 6.08 Å². The summed E-state index contributed by atoms with van der Waals surface area (Å²) in [6.07, 6.45) is 2.56. The smallest absolute Gasteiger partial charge is 0.294 e. The molecule has 0 radical (unpaired) electrons. The molecule has 138 valence electrons. The predicted octanol–water partition coefficient (Wildman–Crippen LogP) is 4.06. The molecule has 0 saturated carbocycles. The Bertz CT molecular complexity index is 908. The van der Waals surface area contributed by atoms with Crippen LogP contribution in [0.1, 0.15) is 18.1 Å². The van der Waals surface area contributed by atoms with Crippen LogP contribution in [-0.2, 0) is 16.0 Å². The van der Waals surface area contributed by atoms with E-state index in [2.05, 4.69) is 12.2 Å². The van der Waals surface area contributed by atoms with Crippen LogP contribution in [0.2, 0.25) is 0 Å². The Labute approximate surface area is 160 Å². The molecule has 2 aromatic carbocycles. The van der Waals surface area contributed by atoms with Gasteiger partial charge >= 0.3 is 0 Å². The summed E-state index contributed by atoms with van der Waals surface area (Å²) in [5.41, 5.74) is 2.38. The number of nitrogens with one attached hydrogen (secondary N) is 1. The topological polar surface area (TPSA) is 66.5 Å². The Balaban J connectivity index is 1.67. The number of carbonyl (C=O) groups is 3. The van der Waals surface area contributed by atoms with Gasteiger partial charge in [0.1, 0.15) is 12.4 Å². The number of hydrogen-bond acceptors (Lipinski definition) is 4. The molecule has 0 atom stereocenters. The fraction of sp³-hybridized carbons (Fsp3) is 0.150. The van der Waals surface area contributed by atoms with Crippen molar-refractivity contribution in [3.63, 3.8) is 0 Å². The van der Waals surface area contributed by atoms with Gasteiger partial charge in [0.15, 0.2) is 0 Å². The van der Waals surface area contributed by atoms with Crippen LogP contribution in [0, 0.1) is 5.82 Å². The van der Waals surface area contributed by atoms with E-state index in [1.165, 1.54) is 29.8 Å². The largest absolute Gasteiger partial charge is 0.325 e. The van der Waals surface area contributed by atoms with Crippen molar-refractivity contribution in [1.82, 2.24) is 4.90 Å². The van der Waals surface area contributed by atoms with Gasteiger partial charge in [0.2, 0.25) is 5.91 Å². The molecule has 3 rings (SSSR count). The fourth-order valence-corrected chi connectivity index (χ4v) is 3.35. The number of hydrogen-bond donors (Lipinski definition) is 1. The Hall–Kier alpha value is -2.93. The number of thioether (sulfide) groups is 1. The van der Waals surface area contributed by atoms with Gasteiger partial charge < -0.3 is 5.32 Å². The number of amides is 3. The van der Waals surface area contributed by atoms with E-state index in [9.17, 15) is 18.8 Å². The third-order valence-corrected chi connectivity index (χ3v) is 4.90. The molecule has 1 heterocycles. The zero-order chi connectivity index (χ0) is 19.4. The minimum atomic E-state index is -0.530. The van der Waals surface area contributed by atoms with Crippen LogP contribution in [0.5, 0.6) is 0 Å². The minimum Gasteiger partial charge on any atom is -0.325 e. The molecular weight excluding hydrogens is 367 g/mol. The van der Waals surface area contributed by atoms with Gasteiger partial charge in [0.05, 0.1) is 4.91 Å². The van der Waals surface area contributed by atoms with Crippen molar-refractivity contribution in [3.05, 3.63) is 70.4 Å². The maximum Gasteiger partial charge on any atom is 0.294 e. The summed E-state index contributed by atoms with van der Waals surface area (Å²) in [6, 6.07) is 12.9. The van der Waals surface area contributed by atoms with E-state index in [1.54, 1.807) is 6.08 Å². The van der Waals surface area contributed by atoms with Crippen molar-refractivity contribution >= 4 is 40.6 Å². The molecule has 7 heteroatoms. The summed E-state index contributed by atoms with van der Waals surface area (Å²) in [5, 5.41) is 2.04. The lowest BCUT2D eigenvalue weighted by Gasteiger charge is -2.12. The molecule has 5 nitrogen and oxygen atoms in total. The molecule has 27 heavy (non-hydrogen) atoms. The second-order valence-electron chi connectivity index (χ2n) is 5.92. The Kier molecular flexibility index (Phi) is 5.71. The van der Waals surface area contributed by atoms with E-state index in [4.69, 9.17) is 0 Å². The molecular formula is C20H17FN2O3S. The second-order valence-corrected chi connectivity index (χ2v) is 6.91. The highest BCUT2D eigenvalue weighted by atomic mass is 32.2. The fourth-order valence-electron chi connectivity index (χ4n) is 2.51. The predicted molar refractivity (Wildman–Crippen MR) is 104 cm³/mol. The van der Waals surface area contributed by atoms with Crippen molar-refractivity contribution in [2.45, 2.75) is 13.3 Å². The van der Waals surface area contributed by atoms with E-state index in [0.717, 1.165) is 28.6 Å². The zero-order valence-corrected chi connectivity index (χ0v) is 15.4. The molecule has 1 N–H and O–H groups in total. The van der Waals surface area contributed by atoms with Gasteiger partial charge in [0.25, 0.3) is 11.1 Å². The average molecular weight is 384 g/mol. The second kappa shape index (κ2) is 8.18. The number of nitrogens with zero attached hydrogens (tertiary/aromatic N) is 1. The van der Waals surface area contributed by atoms with E-state index >= 15 is 0 Å². The SMILES string of the molecule is CCc1ccc(/C=C2/SC(=O)N(CC(=O)Nc3ccc(F)cc3)C2=O)cc1. The molecule has 0 spiro atoms. The minimum absolute atomic E-state index is 0.277. The quantitative estimate of drug-likeness (QED) is 0.790. The van der Waals surface area contributed by atoms with Crippen molar-refractivity contribution in [3.8, 4) is 0 Å². The number of rotatable bonds is 5. The highest BCUT2D eigenvalue weighted by Crippen LogP contribution is 2.32. The number of carbonyl (C=O) groups excluding carboxylic acids is 3. The van der Waals surface area contributed by atoms with Crippen LogP contribution < -0.4 is 5.32 Å². The summed E-state index contributed by atoms with van der Waals surface area (Å²) in [5.74, 6) is -1.45. The highest BCUT2D eigenvalue weighted by Gasteiger charge is 2.36. The highest BCUT2D eigenvalue weighted by molar-refractivity contribution is 8.18. The molecule has 2 aromatic rings. The lowest BCUT2D eigenvalue weighted by Crippen LogP contribution is -2.36. The van der Waals surface area contributed by atoms with Crippen LogP contribution in [0.3, 0.4) is 0 Å². The Morgan fingerprint density at radius 2 is 1.78 bits per heavy atom. The van der Waals surface area contributed by atoms with Crippen molar-refractivity contribution in [2.24, 2.45) is 0 Å². The number of aryl methyl sites for hydroxylation is 1. The third kappa shape index (κ3) is 4.62. The van der Waals surface area contributed by atoms with Crippen LogP contribution >= 0.6 is 11.8 Å². The summed E-state index contributed by atoms with van der Waals surface area (Å²) in [6.45, 7) is 1.66. The van der Waals surface area contributed by atoms with Gasteiger partial charge in [0, 0.05) is 5.69 Å². The number of anilines is 1. The first-order valence-corrected chi connectivity index (χ1v) is 9.17. The molecule has 0 aromatic heterocycles. The number of benzene rings is 2. The monoisotopic (exact) mass is 384 g/mol.